The van der Waals surface area contributed by atoms with Crippen LogP contribution in [0.2, 0.25) is 0 Å². The van der Waals surface area contributed by atoms with Crippen molar-refractivity contribution in [2.24, 2.45) is 17.2 Å². The third-order valence-electron chi connectivity index (χ3n) is 3.97. The first kappa shape index (κ1) is 23.6. The lowest BCUT2D eigenvalue weighted by molar-refractivity contribution is -0.142. The number of rotatable bonds is 12. The average molecular weight is 407 g/mol. The van der Waals surface area contributed by atoms with Crippen LogP contribution in [-0.2, 0) is 30.4 Å². The predicted octanol–water partition coefficient (Wildman–Crippen LogP) is -2.25. The van der Waals surface area contributed by atoms with Crippen molar-refractivity contribution in [3.05, 3.63) is 35.9 Å². The fourth-order valence-corrected chi connectivity index (χ4v) is 2.47. The molecule has 4 amide bonds. The van der Waals surface area contributed by atoms with Crippen LogP contribution in [-0.4, -0.2) is 52.8 Å². The summed E-state index contributed by atoms with van der Waals surface area (Å²) >= 11 is 0. The number of nitrogens with two attached hydrogens (primary N) is 3. The van der Waals surface area contributed by atoms with Gasteiger partial charge < -0.3 is 32.9 Å². The van der Waals surface area contributed by atoms with Gasteiger partial charge in [0, 0.05) is 12.8 Å². The first-order valence-corrected chi connectivity index (χ1v) is 8.79. The largest absolute Gasteiger partial charge is 0.480 e. The number of hydrogen-bond acceptors (Lipinski definition) is 6. The molecule has 1 aromatic carbocycles. The number of primary amides is 2. The van der Waals surface area contributed by atoms with E-state index in [9.17, 15) is 29.1 Å². The topological polar surface area (TPSA) is 208 Å². The Hall–Kier alpha value is -3.47. The summed E-state index contributed by atoms with van der Waals surface area (Å²) in [6.07, 6.45) is -0.838. The molecule has 1 aromatic rings. The van der Waals surface area contributed by atoms with E-state index < -0.39 is 54.1 Å². The second-order valence-electron chi connectivity index (χ2n) is 6.43. The maximum Gasteiger partial charge on any atom is 0.326 e. The Bertz CT molecular complexity index is 754. The van der Waals surface area contributed by atoms with Crippen molar-refractivity contribution in [1.82, 2.24) is 10.6 Å². The number of carbonyl (C=O) groups is 5. The van der Waals surface area contributed by atoms with Crippen molar-refractivity contribution in [1.29, 1.82) is 0 Å². The zero-order valence-corrected chi connectivity index (χ0v) is 15.7. The summed E-state index contributed by atoms with van der Waals surface area (Å²) in [6, 6.07) is 4.80. The Morgan fingerprint density at radius 3 is 2.00 bits per heavy atom. The van der Waals surface area contributed by atoms with Gasteiger partial charge in [0.15, 0.2) is 0 Å². The quantitative estimate of drug-likeness (QED) is 0.224. The van der Waals surface area contributed by atoms with Crippen LogP contribution in [0.15, 0.2) is 30.3 Å². The maximum atomic E-state index is 12.6. The summed E-state index contributed by atoms with van der Waals surface area (Å²) < 4.78 is 0. The molecule has 0 spiro atoms. The Balaban J connectivity index is 2.87. The van der Waals surface area contributed by atoms with Gasteiger partial charge in [0.2, 0.25) is 23.6 Å². The Morgan fingerprint density at radius 2 is 1.48 bits per heavy atom. The highest BCUT2D eigenvalue weighted by Gasteiger charge is 2.28. The van der Waals surface area contributed by atoms with Gasteiger partial charge in [-0.25, -0.2) is 4.79 Å². The molecule has 0 bridgehead atoms. The van der Waals surface area contributed by atoms with Gasteiger partial charge >= 0.3 is 5.97 Å². The molecular formula is C18H25N5O6. The van der Waals surface area contributed by atoms with E-state index in [4.69, 9.17) is 17.2 Å². The maximum absolute atomic E-state index is 12.6. The van der Waals surface area contributed by atoms with Crippen LogP contribution < -0.4 is 27.8 Å². The normalized spacial score (nSPS) is 13.6. The van der Waals surface area contributed by atoms with Gasteiger partial charge in [-0.1, -0.05) is 30.3 Å². The average Bonchev–Trinajstić information content (AvgIpc) is 2.64. The highest BCUT2D eigenvalue weighted by atomic mass is 16.4. The standard InChI is InChI=1S/C18H25N5O6/c19-11(9-15(21)25)16(26)22-12(6-7-14(20)24)17(27)23-13(18(28)29)8-10-4-2-1-3-5-10/h1-5,11-13H,6-9,19H2,(H2,20,24)(H2,21,25)(H,22,26)(H,23,27)(H,28,29). The fraction of sp³-hybridized carbons (Fsp3) is 0.389. The van der Waals surface area contributed by atoms with Gasteiger partial charge in [-0.3, -0.25) is 19.2 Å². The third kappa shape index (κ3) is 8.84. The Kier molecular flexibility index (Phi) is 9.26. The molecule has 1 rings (SSSR count). The fourth-order valence-electron chi connectivity index (χ4n) is 2.47. The number of nitrogens with one attached hydrogen (secondary N) is 2. The van der Waals surface area contributed by atoms with Gasteiger partial charge in [-0.15, -0.1) is 0 Å². The predicted molar refractivity (Wildman–Crippen MR) is 102 cm³/mol. The van der Waals surface area contributed by atoms with Crippen molar-refractivity contribution in [2.45, 2.75) is 43.8 Å². The van der Waals surface area contributed by atoms with Gasteiger partial charge in [0.25, 0.3) is 0 Å². The van der Waals surface area contributed by atoms with E-state index in [1.807, 2.05) is 0 Å². The zero-order chi connectivity index (χ0) is 22.0. The molecule has 0 saturated heterocycles. The lowest BCUT2D eigenvalue weighted by Gasteiger charge is -2.22. The van der Waals surface area contributed by atoms with Crippen molar-refractivity contribution in [3.63, 3.8) is 0 Å². The zero-order valence-electron chi connectivity index (χ0n) is 15.7. The third-order valence-corrected chi connectivity index (χ3v) is 3.97. The molecule has 0 fully saturated rings. The van der Waals surface area contributed by atoms with Crippen LogP contribution in [0.4, 0.5) is 0 Å². The molecule has 11 nitrogen and oxygen atoms in total. The van der Waals surface area contributed by atoms with E-state index >= 15 is 0 Å². The second-order valence-corrected chi connectivity index (χ2v) is 6.43. The smallest absolute Gasteiger partial charge is 0.326 e. The Morgan fingerprint density at radius 1 is 0.897 bits per heavy atom. The van der Waals surface area contributed by atoms with Crippen LogP contribution in [0.25, 0.3) is 0 Å². The number of aliphatic carboxylic acids is 1. The van der Waals surface area contributed by atoms with Crippen LogP contribution in [0.5, 0.6) is 0 Å². The molecule has 9 N–H and O–H groups in total. The van der Waals surface area contributed by atoms with E-state index in [2.05, 4.69) is 10.6 Å². The minimum atomic E-state index is -1.30. The number of benzene rings is 1. The summed E-state index contributed by atoms with van der Waals surface area (Å²) in [5.74, 6) is -4.46. The lowest BCUT2D eigenvalue weighted by atomic mass is 10.0. The Labute approximate surface area is 167 Å². The van der Waals surface area contributed by atoms with E-state index in [0.29, 0.717) is 5.56 Å². The number of carboxylic acid groups (broad SMARTS) is 1. The van der Waals surface area contributed by atoms with E-state index in [1.165, 1.54) is 0 Å². The first-order chi connectivity index (χ1) is 13.6. The van der Waals surface area contributed by atoms with Crippen LogP contribution in [0.3, 0.4) is 0 Å². The first-order valence-electron chi connectivity index (χ1n) is 8.79. The van der Waals surface area contributed by atoms with Gasteiger partial charge in [0.05, 0.1) is 12.5 Å². The van der Waals surface area contributed by atoms with Gasteiger partial charge in [0.1, 0.15) is 12.1 Å². The monoisotopic (exact) mass is 407 g/mol. The van der Waals surface area contributed by atoms with E-state index in [-0.39, 0.29) is 19.3 Å². The molecule has 3 unspecified atom stereocenters. The molecular weight excluding hydrogens is 382 g/mol. The molecule has 0 aliphatic heterocycles. The lowest BCUT2D eigenvalue weighted by Crippen LogP contribution is -2.55. The molecule has 3 atom stereocenters. The number of hydrogen-bond donors (Lipinski definition) is 6. The molecule has 11 heteroatoms. The van der Waals surface area contributed by atoms with Crippen LogP contribution in [0.1, 0.15) is 24.8 Å². The molecule has 0 aliphatic rings. The summed E-state index contributed by atoms with van der Waals surface area (Å²) in [5, 5.41) is 14.0. The van der Waals surface area contributed by atoms with E-state index in [0.717, 1.165) is 0 Å². The molecule has 158 valence electrons. The number of carbonyl (C=O) groups excluding carboxylic acids is 4. The molecule has 0 aromatic heterocycles. The van der Waals surface area contributed by atoms with Crippen LogP contribution >= 0.6 is 0 Å². The van der Waals surface area contributed by atoms with Gasteiger partial charge in [-0.2, -0.15) is 0 Å². The summed E-state index contributed by atoms with van der Waals surface area (Å²) in [7, 11) is 0. The van der Waals surface area contributed by atoms with Crippen molar-refractivity contribution in [3.8, 4) is 0 Å². The minimum absolute atomic E-state index is 0.0135. The van der Waals surface area contributed by atoms with Crippen molar-refractivity contribution < 1.29 is 29.1 Å². The van der Waals surface area contributed by atoms with E-state index in [1.54, 1.807) is 30.3 Å². The summed E-state index contributed by atoms with van der Waals surface area (Å²) in [5.41, 5.74) is 16.3. The highest BCUT2D eigenvalue weighted by Crippen LogP contribution is 2.06. The molecule has 0 radical (unpaired) electrons. The molecule has 0 heterocycles. The summed E-state index contributed by atoms with van der Waals surface area (Å²) in [6.45, 7) is 0. The van der Waals surface area contributed by atoms with Crippen LogP contribution in [0, 0.1) is 0 Å². The number of carboxylic acids is 1. The molecule has 29 heavy (non-hydrogen) atoms. The number of amides is 4. The highest BCUT2D eigenvalue weighted by molar-refractivity contribution is 5.93. The second kappa shape index (κ2) is 11.4. The summed E-state index contributed by atoms with van der Waals surface area (Å²) in [4.78, 5) is 58.2. The SMILES string of the molecule is NC(=O)CCC(NC(=O)C(N)CC(N)=O)C(=O)NC(Cc1ccccc1)C(=O)O. The van der Waals surface area contributed by atoms with Crippen molar-refractivity contribution in [2.75, 3.05) is 0 Å². The van der Waals surface area contributed by atoms with Crippen molar-refractivity contribution >= 4 is 29.6 Å². The van der Waals surface area contributed by atoms with Gasteiger partial charge in [-0.05, 0) is 12.0 Å². The molecule has 0 saturated carbocycles. The minimum Gasteiger partial charge on any atom is -0.480 e. The molecule has 0 aliphatic carbocycles.